The van der Waals surface area contributed by atoms with Gasteiger partial charge in [-0.2, -0.15) is 0 Å². The Labute approximate surface area is 215 Å². The molecule has 0 atom stereocenters. The summed E-state index contributed by atoms with van der Waals surface area (Å²) in [5.74, 6) is 1.46. The highest BCUT2D eigenvalue weighted by atomic mass is 19.1. The van der Waals surface area contributed by atoms with E-state index in [0.717, 1.165) is 5.69 Å². The van der Waals surface area contributed by atoms with Crippen LogP contribution in [-0.4, -0.2) is 72.6 Å². The molecule has 1 amide bonds. The molecule has 9 nitrogen and oxygen atoms in total. The maximum absolute atomic E-state index is 14.6. The van der Waals surface area contributed by atoms with Crippen molar-refractivity contribution in [2.45, 2.75) is 6.92 Å². The molecule has 0 bridgehead atoms. The Morgan fingerprint density at radius 3 is 2.51 bits per heavy atom. The van der Waals surface area contributed by atoms with E-state index >= 15 is 0 Å². The summed E-state index contributed by atoms with van der Waals surface area (Å²) < 4.78 is 27.1. The Balaban J connectivity index is 1.47. The van der Waals surface area contributed by atoms with Crippen LogP contribution in [0.25, 0.3) is 16.9 Å². The average Bonchev–Trinajstić information content (AvgIpc) is 3.30. The first-order valence-electron chi connectivity index (χ1n) is 12.0. The monoisotopic (exact) mass is 506 g/mol. The zero-order chi connectivity index (χ0) is 26.4. The summed E-state index contributed by atoms with van der Waals surface area (Å²) in [6.07, 6.45) is 4.95. The number of nitrogens with zero attached hydrogens (tertiary/aromatic N) is 5. The van der Waals surface area contributed by atoms with Crippen LogP contribution in [-0.2, 0) is 4.79 Å². The number of hydrogen-bond acceptors (Lipinski definition) is 7. The van der Waals surface area contributed by atoms with Crippen LogP contribution in [0.3, 0.4) is 0 Å². The Kier molecular flexibility index (Phi) is 8.07. The zero-order valence-corrected chi connectivity index (χ0v) is 21.4. The minimum atomic E-state index is -0.388. The molecule has 2 heterocycles. The molecule has 10 heteroatoms. The molecule has 4 aromatic rings. The first-order valence-corrected chi connectivity index (χ1v) is 12.0. The SMILES string of the molecule is CCN(CCN(C)c1cc(OC)cc(OC)c1)C(=O)CNc1c(-c2ccccc2F)nc2cnccn12. The van der Waals surface area contributed by atoms with Crippen LogP contribution in [0.1, 0.15) is 6.92 Å². The molecule has 0 aliphatic carbocycles. The van der Waals surface area contributed by atoms with Gasteiger partial charge in [-0.05, 0) is 19.1 Å². The fourth-order valence-electron chi connectivity index (χ4n) is 4.06. The number of hydrogen-bond donors (Lipinski definition) is 1. The van der Waals surface area contributed by atoms with Crippen molar-refractivity contribution in [3.8, 4) is 22.8 Å². The van der Waals surface area contributed by atoms with E-state index in [-0.39, 0.29) is 18.3 Å². The Hall–Kier alpha value is -4.34. The summed E-state index contributed by atoms with van der Waals surface area (Å²) in [4.78, 5) is 25.6. The van der Waals surface area contributed by atoms with E-state index in [9.17, 15) is 9.18 Å². The highest BCUT2D eigenvalue weighted by molar-refractivity contribution is 5.84. The van der Waals surface area contributed by atoms with Crippen LogP contribution in [0.5, 0.6) is 11.5 Å². The number of anilines is 2. The maximum atomic E-state index is 14.6. The lowest BCUT2D eigenvalue weighted by atomic mass is 10.1. The van der Waals surface area contributed by atoms with Crippen LogP contribution in [0, 0.1) is 5.82 Å². The van der Waals surface area contributed by atoms with Crippen LogP contribution in [0.2, 0.25) is 0 Å². The second-order valence-corrected chi connectivity index (χ2v) is 8.41. The predicted octanol–water partition coefficient (Wildman–Crippen LogP) is 3.95. The second-order valence-electron chi connectivity index (χ2n) is 8.41. The van der Waals surface area contributed by atoms with Gasteiger partial charge in [-0.15, -0.1) is 0 Å². The van der Waals surface area contributed by atoms with Crippen molar-refractivity contribution >= 4 is 23.1 Å². The van der Waals surface area contributed by atoms with Crippen molar-refractivity contribution in [2.24, 2.45) is 0 Å². The van der Waals surface area contributed by atoms with Crippen molar-refractivity contribution in [2.75, 3.05) is 57.7 Å². The van der Waals surface area contributed by atoms with Crippen LogP contribution < -0.4 is 19.7 Å². The molecule has 0 aliphatic rings. The lowest BCUT2D eigenvalue weighted by molar-refractivity contribution is -0.129. The largest absolute Gasteiger partial charge is 0.497 e. The quantitative estimate of drug-likeness (QED) is 0.330. The molecular weight excluding hydrogens is 475 g/mol. The first-order chi connectivity index (χ1) is 17.9. The summed E-state index contributed by atoms with van der Waals surface area (Å²) in [5.41, 5.74) is 2.25. The number of nitrogens with one attached hydrogen (secondary N) is 1. The summed E-state index contributed by atoms with van der Waals surface area (Å²) in [7, 11) is 5.18. The first kappa shape index (κ1) is 25.7. The summed E-state index contributed by atoms with van der Waals surface area (Å²) >= 11 is 0. The number of aromatic nitrogens is 3. The van der Waals surface area contributed by atoms with E-state index in [4.69, 9.17) is 9.47 Å². The zero-order valence-electron chi connectivity index (χ0n) is 21.4. The van der Waals surface area contributed by atoms with Crippen molar-refractivity contribution in [3.63, 3.8) is 0 Å². The number of carbonyl (C=O) groups is 1. The molecule has 2 aromatic heterocycles. The lowest BCUT2D eigenvalue weighted by Gasteiger charge is -2.26. The summed E-state index contributed by atoms with van der Waals surface area (Å²) in [5, 5.41) is 3.19. The van der Waals surface area contributed by atoms with Gasteiger partial charge >= 0.3 is 0 Å². The van der Waals surface area contributed by atoms with E-state index in [2.05, 4.69) is 15.3 Å². The lowest BCUT2D eigenvalue weighted by Crippen LogP contribution is -2.40. The molecular formula is C27H31FN6O3. The highest BCUT2D eigenvalue weighted by Gasteiger charge is 2.19. The molecule has 1 N–H and O–H groups in total. The third-order valence-electron chi connectivity index (χ3n) is 6.18. The molecule has 0 fully saturated rings. The van der Waals surface area contributed by atoms with Crippen molar-refractivity contribution in [1.29, 1.82) is 0 Å². The van der Waals surface area contributed by atoms with Gasteiger partial charge in [0, 0.05) is 68.5 Å². The van der Waals surface area contributed by atoms with E-state index in [1.807, 2.05) is 37.1 Å². The van der Waals surface area contributed by atoms with E-state index in [1.54, 1.807) is 60.3 Å². The van der Waals surface area contributed by atoms with E-state index < -0.39 is 0 Å². The van der Waals surface area contributed by atoms with Crippen molar-refractivity contribution in [3.05, 3.63) is 66.9 Å². The molecule has 37 heavy (non-hydrogen) atoms. The maximum Gasteiger partial charge on any atom is 0.241 e. The molecule has 194 valence electrons. The van der Waals surface area contributed by atoms with Gasteiger partial charge in [0.15, 0.2) is 5.65 Å². The molecule has 4 rings (SSSR count). The van der Waals surface area contributed by atoms with E-state index in [1.165, 1.54) is 6.07 Å². The van der Waals surface area contributed by atoms with E-state index in [0.29, 0.717) is 53.9 Å². The molecule has 0 saturated heterocycles. The smallest absolute Gasteiger partial charge is 0.241 e. The summed E-state index contributed by atoms with van der Waals surface area (Å²) in [6.45, 7) is 3.65. The van der Waals surface area contributed by atoms with Crippen LogP contribution >= 0.6 is 0 Å². The normalized spacial score (nSPS) is 10.8. The number of halogens is 1. The number of carbonyl (C=O) groups excluding carboxylic acids is 1. The number of amides is 1. The minimum absolute atomic E-state index is 0.0299. The fraction of sp³-hybridized carbons (Fsp3) is 0.296. The van der Waals surface area contributed by atoms with Gasteiger partial charge in [0.25, 0.3) is 0 Å². The van der Waals surface area contributed by atoms with Gasteiger partial charge < -0.3 is 24.6 Å². The minimum Gasteiger partial charge on any atom is -0.497 e. The van der Waals surface area contributed by atoms with Crippen LogP contribution in [0.4, 0.5) is 15.9 Å². The van der Waals surface area contributed by atoms with Gasteiger partial charge in [-0.1, -0.05) is 12.1 Å². The van der Waals surface area contributed by atoms with Gasteiger partial charge in [0.1, 0.15) is 28.8 Å². The molecule has 0 unspecified atom stereocenters. The molecule has 2 aromatic carbocycles. The number of likely N-dealkylation sites (N-methyl/N-ethyl adjacent to an activating group) is 2. The number of methoxy groups -OCH3 is 2. The van der Waals surface area contributed by atoms with Gasteiger partial charge in [0.05, 0.1) is 27.0 Å². The predicted molar refractivity (Wildman–Crippen MR) is 142 cm³/mol. The number of fused-ring (bicyclic) bond motifs is 1. The van der Waals surface area contributed by atoms with Gasteiger partial charge in [0.2, 0.25) is 5.91 Å². The Morgan fingerprint density at radius 1 is 1.11 bits per heavy atom. The van der Waals surface area contributed by atoms with Crippen molar-refractivity contribution in [1.82, 2.24) is 19.3 Å². The number of benzene rings is 2. The number of imidazole rings is 1. The Bertz CT molecular complexity index is 1350. The van der Waals surface area contributed by atoms with Gasteiger partial charge in [-0.3, -0.25) is 14.2 Å². The van der Waals surface area contributed by atoms with Crippen molar-refractivity contribution < 1.29 is 18.7 Å². The topological polar surface area (TPSA) is 84.2 Å². The second kappa shape index (κ2) is 11.6. The Morgan fingerprint density at radius 2 is 1.84 bits per heavy atom. The average molecular weight is 507 g/mol. The highest BCUT2D eigenvalue weighted by Crippen LogP contribution is 2.30. The third kappa shape index (κ3) is 5.74. The number of ether oxygens (including phenoxy) is 2. The number of rotatable bonds is 11. The van der Waals surface area contributed by atoms with Crippen LogP contribution in [0.15, 0.2) is 61.1 Å². The fourth-order valence-corrected chi connectivity index (χ4v) is 4.06. The molecule has 0 aliphatic heterocycles. The molecule has 0 spiro atoms. The molecule has 0 saturated carbocycles. The molecule has 0 radical (unpaired) electrons. The van der Waals surface area contributed by atoms with Gasteiger partial charge in [-0.25, -0.2) is 9.37 Å². The third-order valence-corrected chi connectivity index (χ3v) is 6.18. The standard InChI is InChI=1S/C27H31FN6O3/c1-5-33(13-12-32(2)19-14-20(36-3)16-21(15-19)37-4)25(35)18-30-27-26(22-8-6-7-9-23(22)28)31-24-17-29-10-11-34(24)27/h6-11,14-17,30H,5,12-13,18H2,1-4H3. The summed E-state index contributed by atoms with van der Waals surface area (Å²) in [6, 6.07) is 12.1.